The Balaban J connectivity index is 2.33. The second-order valence-corrected chi connectivity index (χ2v) is 13.4. The maximum absolute atomic E-state index is 11.7. The summed E-state index contributed by atoms with van der Waals surface area (Å²) < 4.78 is 0. The van der Waals surface area contributed by atoms with Crippen LogP contribution in [0.25, 0.3) is 0 Å². The van der Waals surface area contributed by atoms with E-state index in [0.717, 1.165) is 31.9 Å². The number of rotatable bonds is 9. The van der Waals surface area contributed by atoms with Crippen LogP contribution >= 0.6 is 0 Å². The number of unbranched alkanes of at least 4 members (excludes halogenated alkanes) is 4. The van der Waals surface area contributed by atoms with Crippen LogP contribution in [-0.2, 0) is 4.79 Å². The molecule has 0 bridgehead atoms. The minimum atomic E-state index is -1.02. The highest BCUT2D eigenvalue weighted by atomic mass is 28.3. The first-order valence-corrected chi connectivity index (χ1v) is 13.1. The first-order chi connectivity index (χ1) is 10.9. The fourth-order valence-electron chi connectivity index (χ4n) is 2.82. The van der Waals surface area contributed by atoms with Crippen LogP contribution in [0.2, 0.25) is 25.7 Å². The van der Waals surface area contributed by atoms with E-state index >= 15 is 0 Å². The minimum Gasteiger partial charge on any atom is -0.374 e. The van der Waals surface area contributed by atoms with E-state index < -0.39 is 8.07 Å². The number of carbonyl (C=O) groups excluding carboxylic acids is 1. The number of ketones is 1. The van der Waals surface area contributed by atoms with Crippen LogP contribution in [-0.4, -0.2) is 31.3 Å². The van der Waals surface area contributed by atoms with Crippen LogP contribution in [0.15, 0.2) is 12.3 Å². The third-order valence-corrected chi connectivity index (χ3v) is 5.45. The summed E-state index contributed by atoms with van der Waals surface area (Å²) in [7, 11) is -1.02. The predicted octanol–water partition coefficient (Wildman–Crippen LogP) is 5.24. The molecular formula is C20H35NOSi. The highest BCUT2D eigenvalue weighted by Crippen LogP contribution is 2.19. The topological polar surface area (TPSA) is 20.3 Å². The number of nitrogens with zero attached hydrogens (tertiary/aromatic N) is 1. The Morgan fingerprint density at radius 2 is 1.96 bits per heavy atom. The van der Waals surface area contributed by atoms with E-state index in [1.54, 1.807) is 6.08 Å². The van der Waals surface area contributed by atoms with Gasteiger partial charge in [0.15, 0.2) is 5.78 Å². The molecule has 130 valence electrons. The third-order valence-electron chi connectivity index (χ3n) is 4.21. The van der Waals surface area contributed by atoms with Gasteiger partial charge >= 0.3 is 0 Å². The van der Waals surface area contributed by atoms with Crippen LogP contribution in [0.4, 0.5) is 0 Å². The summed E-state index contributed by atoms with van der Waals surface area (Å²) in [5, 5.41) is 0. The first-order valence-electron chi connectivity index (χ1n) is 9.35. The monoisotopic (exact) mass is 333 g/mol. The molecule has 0 saturated heterocycles. The molecule has 0 aromatic carbocycles. The van der Waals surface area contributed by atoms with Crippen LogP contribution < -0.4 is 0 Å². The van der Waals surface area contributed by atoms with Crippen molar-refractivity contribution in [3.8, 4) is 11.8 Å². The Labute approximate surface area is 144 Å². The van der Waals surface area contributed by atoms with Crippen LogP contribution in [0.1, 0.15) is 58.3 Å². The Morgan fingerprint density at radius 3 is 2.65 bits per heavy atom. The summed E-state index contributed by atoms with van der Waals surface area (Å²) >= 11 is 0. The smallest absolute Gasteiger partial charge is 0.159 e. The zero-order chi connectivity index (χ0) is 17.1. The van der Waals surface area contributed by atoms with Gasteiger partial charge in [-0.3, -0.25) is 4.79 Å². The molecule has 0 spiro atoms. The molecule has 0 amide bonds. The Morgan fingerprint density at radius 1 is 1.17 bits per heavy atom. The number of hydrogen-bond acceptors (Lipinski definition) is 2. The molecule has 1 rings (SSSR count). The van der Waals surface area contributed by atoms with E-state index in [2.05, 4.69) is 43.3 Å². The average Bonchev–Trinajstić information content (AvgIpc) is 2.48. The lowest BCUT2D eigenvalue weighted by molar-refractivity contribution is -0.116. The molecule has 3 heteroatoms. The minimum absolute atomic E-state index is 0.289. The number of hydrogen-bond donors (Lipinski definition) is 0. The maximum Gasteiger partial charge on any atom is 0.159 e. The van der Waals surface area contributed by atoms with Gasteiger partial charge in [0, 0.05) is 37.7 Å². The van der Waals surface area contributed by atoms with Crippen molar-refractivity contribution in [2.75, 3.05) is 6.54 Å². The molecule has 0 fully saturated rings. The molecule has 1 unspecified atom stereocenters. The summed E-state index contributed by atoms with van der Waals surface area (Å²) in [6.07, 6.45) is 12.8. The van der Waals surface area contributed by atoms with E-state index in [4.69, 9.17) is 0 Å². The molecule has 0 radical (unpaired) electrons. The van der Waals surface area contributed by atoms with Crippen LogP contribution in [0.3, 0.4) is 0 Å². The molecule has 0 N–H and O–H groups in total. The van der Waals surface area contributed by atoms with Crippen molar-refractivity contribution in [1.29, 1.82) is 0 Å². The second-order valence-electron chi connectivity index (χ2n) is 7.92. The molecule has 0 saturated carbocycles. The van der Waals surface area contributed by atoms with Crippen molar-refractivity contribution >= 4 is 13.9 Å². The molecule has 0 aromatic rings. The van der Waals surface area contributed by atoms with Crippen LogP contribution in [0, 0.1) is 11.8 Å². The van der Waals surface area contributed by atoms with Gasteiger partial charge in [0.2, 0.25) is 0 Å². The van der Waals surface area contributed by atoms with Gasteiger partial charge in [-0.2, -0.15) is 0 Å². The van der Waals surface area contributed by atoms with Crippen molar-refractivity contribution in [1.82, 2.24) is 4.90 Å². The summed E-state index contributed by atoms with van der Waals surface area (Å²) in [6, 6.07) is 1.52. The summed E-state index contributed by atoms with van der Waals surface area (Å²) in [5.41, 5.74) is 0. The van der Waals surface area contributed by atoms with Crippen molar-refractivity contribution in [2.45, 2.75) is 90.0 Å². The van der Waals surface area contributed by atoms with E-state index in [0.29, 0.717) is 12.5 Å². The molecule has 1 atom stereocenters. The van der Waals surface area contributed by atoms with Crippen molar-refractivity contribution in [2.24, 2.45) is 0 Å². The van der Waals surface area contributed by atoms with Gasteiger partial charge in [-0.05, 0) is 18.9 Å². The van der Waals surface area contributed by atoms with Gasteiger partial charge in [-0.15, -0.1) is 11.8 Å². The fraction of sp³-hybridized carbons (Fsp3) is 0.750. The molecular weight excluding hydrogens is 298 g/mol. The van der Waals surface area contributed by atoms with Gasteiger partial charge in [-0.1, -0.05) is 52.2 Å². The maximum atomic E-state index is 11.7. The number of allylic oxidation sites excluding steroid dienone is 1. The highest BCUT2D eigenvalue weighted by molar-refractivity contribution is 6.76. The molecule has 1 aliphatic rings. The molecule has 2 nitrogen and oxygen atoms in total. The molecule has 0 aliphatic carbocycles. The van der Waals surface area contributed by atoms with Gasteiger partial charge < -0.3 is 4.90 Å². The zero-order valence-corrected chi connectivity index (χ0v) is 16.7. The largest absolute Gasteiger partial charge is 0.374 e. The normalized spacial score (nSPS) is 18.0. The fourth-order valence-corrected chi connectivity index (χ4v) is 3.47. The standard InChI is InChI=1S/C20H35NOSi/c1-5-6-7-10-13-19-18-20(22)14-16-21(19)15-11-8-9-12-17-23(2,3)4/h14,16,19H,5-8,10-11,13,15,17-18H2,1-4H3. The van der Waals surface area contributed by atoms with Crippen LogP contribution in [0.5, 0.6) is 0 Å². The van der Waals surface area contributed by atoms with E-state index in [-0.39, 0.29) is 5.78 Å². The lowest BCUT2D eigenvalue weighted by atomic mass is 9.98. The SMILES string of the molecule is CCCCCCC1CC(=O)C=CN1CCCC#CC[Si](C)(C)C. The van der Waals surface area contributed by atoms with E-state index in [1.807, 2.05) is 6.20 Å². The molecule has 1 heterocycles. The van der Waals surface area contributed by atoms with Gasteiger partial charge in [-0.25, -0.2) is 0 Å². The second kappa shape index (κ2) is 10.7. The zero-order valence-electron chi connectivity index (χ0n) is 15.7. The van der Waals surface area contributed by atoms with Gasteiger partial charge in [0.05, 0.1) is 8.07 Å². The number of carbonyl (C=O) groups is 1. The van der Waals surface area contributed by atoms with Gasteiger partial charge in [0.1, 0.15) is 0 Å². The summed E-state index contributed by atoms with van der Waals surface area (Å²) in [5.74, 6) is 6.97. The third kappa shape index (κ3) is 9.66. The quantitative estimate of drug-likeness (QED) is 0.327. The Hall–Kier alpha value is -1.01. The van der Waals surface area contributed by atoms with E-state index in [1.165, 1.54) is 25.7 Å². The lowest BCUT2D eigenvalue weighted by Crippen LogP contribution is -2.36. The summed E-state index contributed by atoms with van der Waals surface area (Å²) in [4.78, 5) is 14.1. The highest BCUT2D eigenvalue weighted by Gasteiger charge is 2.21. The Kier molecular flexibility index (Phi) is 9.32. The molecule has 1 aliphatic heterocycles. The van der Waals surface area contributed by atoms with E-state index in [9.17, 15) is 4.79 Å². The molecule has 23 heavy (non-hydrogen) atoms. The molecule has 0 aromatic heterocycles. The lowest BCUT2D eigenvalue weighted by Gasteiger charge is -2.32. The van der Waals surface area contributed by atoms with Crippen molar-refractivity contribution < 1.29 is 4.79 Å². The Bertz CT molecular complexity index is 439. The average molecular weight is 334 g/mol. The summed E-state index contributed by atoms with van der Waals surface area (Å²) in [6.45, 7) is 10.4. The first kappa shape index (κ1) is 20.0. The van der Waals surface area contributed by atoms with Gasteiger partial charge in [0.25, 0.3) is 0 Å². The van der Waals surface area contributed by atoms with Crippen molar-refractivity contribution in [3.63, 3.8) is 0 Å². The predicted molar refractivity (Wildman–Crippen MR) is 103 cm³/mol. The van der Waals surface area contributed by atoms with Crippen molar-refractivity contribution in [3.05, 3.63) is 12.3 Å².